The van der Waals surface area contributed by atoms with Crippen molar-refractivity contribution in [3.05, 3.63) is 84.3 Å². The van der Waals surface area contributed by atoms with Gasteiger partial charge in [0.05, 0.1) is 24.0 Å². The van der Waals surface area contributed by atoms with Gasteiger partial charge in [-0.1, -0.05) is 24.3 Å². The molecule has 0 aliphatic heterocycles. The number of nitrogens with zero attached hydrogens (tertiary/aromatic N) is 2. The lowest BCUT2D eigenvalue weighted by Crippen LogP contribution is -2.14. The van der Waals surface area contributed by atoms with Gasteiger partial charge in [-0.15, -0.1) is 0 Å². The number of fused-ring (bicyclic) bond motifs is 1. The first-order valence-corrected chi connectivity index (χ1v) is 9.17. The van der Waals surface area contributed by atoms with Gasteiger partial charge in [0.2, 0.25) is 0 Å². The van der Waals surface area contributed by atoms with E-state index in [0.717, 1.165) is 27.8 Å². The molecule has 0 unspecified atom stereocenters. The predicted molar refractivity (Wildman–Crippen MR) is 115 cm³/mol. The molecule has 0 aliphatic rings. The summed E-state index contributed by atoms with van der Waals surface area (Å²) in [4.78, 5) is 21.4. The fourth-order valence-electron chi connectivity index (χ4n) is 3.10. The van der Waals surface area contributed by atoms with Gasteiger partial charge in [0.15, 0.2) is 0 Å². The van der Waals surface area contributed by atoms with Gasteiger partial charge in [0, 0.05) is 23.5 Å². The molecule has 1 amide bonds. The Labute approximate surface area is 168 Å². The van der Waals surface area contributed by atoms with Crippen molar-refractivity contribution in [2.45, 2.75) is 6.92 Å². The first-order valence-electron chi connectivity index (χ1n) is 9.17. The summed E-state index contributed by atoms with van der Waals surface area (Å²) >= 11 is 0. The number of para-hydroxylation sites is 1. The molecule has 0 spiro atoms. The van der Waals surface area contributed by atoms with Crippen molar-refractivity contribution < 1.29 is 9.53 Å². The summed E-state index contributed by atoms with van der Waals surface area (Å²) in [5.74, 6) is 0.286. The normalized spacial score (nSPS) is 10.6. The van der Waals surface area contributed by atoms with Crippen molar-refractivity contribution in [2.75, 3.05) is 17.7 Å². The van der Waals surface area contributed by atoms with Crippen LogP contribution >= 0.6 is 0 Å². The van der Waals surface area contributed by atoms with E-state index in [0.29, 0.717) is 17.1 Å². The number of carbonyl (C=O) groups excluding carboxylic acids is 1. The van der Waals surface area contributed by atoms with Crippen LogP contribution in [0.5, 0.6) is 5.75 Å². The maximum Gasteiger partial charge on any atom is 0.274 e. The minimum atomic E-state index is -0.311. The summed E-state index contributed by atoms with van der Waals surface area (Å²) in [6.07, 6.45) is 3.36. The molecule has 29 heavy (non-hydrogen) atoms. The Hall–Kier alpha value is -3.93. The zero-order valence-corrected chi connectivity index (χ0v) is 16.1. The molecule has 2 N–H and O–H groups in total. The quantitative estimate of drug-likeness (QED) is 0.509. The summed E-state index contributed by atoms with van der Waals surface area (Å²) < 4.78 is 5.33. The second-order valence-corrected chi connectivity index (χ2v) is 6.59. The smallest absolute Gasteiger partial charge is 0.274 e. The number of amides is 1. The summed E-state index contributed by atoms with van der Waals surface area (Å²) in [5.41, 5.74) is 4.40. The zero-order chi connectivity index (χ0) is 20.2. The van der Waals surface area contributed by atoms with Crippen molar-refractivity contribution in [1.29, 1.82) is 0 Å². The van der Waals surface area contributed by atoms with E-state index in [9.17, 15) is 4.79 Å². The average Bonchev–Trinajstić information content (AvgIpc) is 2.74. The highest BCUT2D eigenvalue weighted by molar-refractivity contribution is 6.04. The van der Waals surface area contributed by atoms with Gasteiger partial charge in [-0.25, -0.2) is 0 Å². The number of benzene rings is 2. The molecule has 6 heteroatoms. The van der Waals surface area contributed by atoms with E-state index in [4.69, 9.17) is 4.74 Å². The van der Waals surface area contributed by atoms with E-state index >= 15 is 0 Å². The molecular weight excluding hydrogens is 364 g/mol. The van der Waals surface area contributed by atoms with Crippen molar-refractivity contribution >= 4 is 33.9 Å². The number of aryl methyl sites for hydroxylation is 1. The minimum Gasteiger partial charge on any atom is -0.495 e. The van der Waals surface area contributed by atoms with Crippen LogP contribution in [0, 0.1) is 6.92 Å². The number of aromatic nitrogens is 2. The van der Waals surface area contributed by atoms with Crippen LogP contribution in [-0.2, 0) is 0 Å². The van der Waals surface area contributed by atoms with Crippen LogP contribution in [0.3, 0.4) is 0 Å². The highest BCUT2D eigenvalue weighted by Crippen LogP contribution is 2.27. The van der Waals surface area contributed by atoms with Crippen LogP contribution in [0.1, 0.15) is 16.1 Å². The van der Waals surface area contributed by atoms with Crippen molar-refractivity contribution in [3.63, 3.8) is 0 Å². The van der Waals surface area contributed by atoms with E-state index in [2.05, 4.69) is 20.6 Å². The molecule has 4 rings (SSSR count). The standard InChI is InChI=1S/C23H20N4O2/c1-15-8-9-21(29-2)19(13-15)27-23(28)20-14-17(10-12-24-20)26-18-7-3-5-16-6-4-11-25-22(16)18/h3-14H,1-2H3,(H,24,26)(H,27,28). The molecule has 0 fully saturated rings. The molecule has 0 saturated carbocycles. The molecule has 0 saturated heterocycles. The average molecular weight is 384 g/mol. The van der Waals surface area contributed by atoms with E-state index < -0.39 is 0 Å². The second kappa shape index (κ2) is 7.98. The van der Waals surface area contributed by atoms with Crippen LogP contribution in [0.25, 0.3) is 10.9 Å². The van der Waals surface area contributed by atoms with Gasteiger partial charge >= 0.3 is 0 Å². The topological polar surface area (TPSA) is 76.1 Å². The molecule has 0 radical (unpaired) electrons. The second-order valence-electron chi connectivity index (χ2n) is 6.59. The number of anilines is 3. The van der Waals surface area contributed by atoms with Crippen LogP contribution in [0.2, 0.25) is 0 Å². The lowest BCUT2D eigenvalue weighted by atomic mass is 10.2. The molecule has 4 aromatic rings. The molecule has 144 valence electrons. The summed E-state index contributed by atoms with van der Waals surface area (Å²) in [7, 11) is 1.57. The van der Waals surface area contributed by atoms with Gasteiger partial charge < -0.3 is 15.4 Å². The van der Waals surface area contributed by atoms with E-state index in [-0.39, 0.29) is 5.91 Å². The third kappa shape index (κ3) is 4.01. The fraction of sp³-hybridized carbons (Fsp3) is 0.0870. The highest BCUT2D eigenvalue weighted by Gasteiger charge is 2.12. The van der Waals surface area contributed by atoms with Crippen molar-refractivity contribution in [2.24, 2.45) is 0 Å². The number of rotatable bonds is 5. The maximum absolute atomic E-state index is 12.7. The fourth-order valence-corrected chi connectivity index (χ4v) is 3.10. The summed E-state index contributed by atoms with van der Waals surface area (Å²) in [6, 6.07) is 19.0. The molecule has 6 nitrogen and oxygen atoms in total. The molecule has 2 aromatic carbocycles. The minimum absolute atomic E-state index is 0.298. The largest absolute Gasteiger partial charge is 0.495 e. The van der Waals surface area contributed by atoms with Gasteiger partial charge in [0.25, 0.3) is 5.91 Å². The van der Waals surface area contributed by atoms with Crippen molar-refractivity contribution in [1.82, 2.24) is 9.97 Å². The van der Waals surface area contributed by atoms with E-state index in [1.165, 1.54) is 0 Å². The number of methoxy groups -OCH3 is 1. The summed E-state index contributed by atoms with van der Waals surface area (Å²) in [6.45, 7) is 1.95. The lowest BCUT2D eigenvalue weighted by Gasteiger charge is -2.12. The van der Waals surface area contributed by atoms with Gasteiger partial charge in [0.1, 0.15) is 11.4 Å². The Morgan fingerprint density at radius 3 is 2.66 bits per heavy atom. The number of hydrogen-bond donors (Lipinski definition) is 2. The number of nitrogens with one attached hydrogen (secondary N) is 2. The third-order valence-corrected chi connectivity index (χ3v) is 4.51. The molecule has 2 aromatic heterocycles. The molecule has 0 atom stereocenters. The first kappa shape index (κ1) is 18.4. The number of carbonyl (C=O) groups is 1. The van der Waals surface area contributed by atoms with Crippen LogP contribution in [-0.4, -0.2) is 23.0 Å². The van der Waals surface area contributed by atoms with Gasteiger partial charge in [-0.3, -0.25) is 14.8 Å². The Morgan fingerprint density at radius 1 is 0.931 bits per heavy atom. The van der Waals surface area contributed by atoms with Crippen LogP contribution < -0.4 is 15.4 Å². The first-order chi connectivity index (χ1) is 14.1. The third-order valence-electron chi connectivity index (χ3n) is 4.51. The molecular formula is C23H20N4O2. The van der Waals surface area contributed by atoms with Crippen LogP contribution in [0.15, 0.2) is 73.1 Å². The maximum atomic E-state index is 12.7. The monoisotopic (exact) mass is 384 g/mol. The Morgan fingerprint density at radius 2 is 1.79 bits per heavy atom. The Balaban J connectivity index is 1.59. The SMILES string of the molecule is COc1ccc(C)cc1NC(=O)c1cc(Nc2cccc3cccnc23)ccn1. The number of ether oxygens (including phenoxy) is 1. The number of pyridine rings is 2. The molecule has 0 aliphatic carbocycles. The molecule has 0 bridgehead atoms. The number of hydrogen-bond acceptors (Lipinski definition) is 5. The Bertz CT molecular complexity index is 1190. The zero-order valence-electron chi connectivity index (χ0n) is 16.1. The lowest BCUT2D eigenvalue weighted by molar-refractivity contribution is 0.102. The van der Waals surface area contributed by atoms with Gasteiger partial charge in [-0.05, 0) is 48.9 Å². The summed E-state index contributed by atoms with van der Waals surface area (Å²) in [5, 5.41) is 7.24. The predicted octanol–water partition coefficient (Wildman–Crippen LogP) is 4.94. The van der Waals surface area contributed by atoms with E-state index in [1.54, 1.807) is 25.6 Å². The Kier molecular flexibility index (Phi) is 5.07. The molecule has 2 heterocycles. The van der Waals surface area contributed by atoms with E-state index in [1.807, 2.05) is 61.5 Å². The van der Waals surface area contributed by atoms with Crippen molar-refractivity contribution in [3.8, 4) is 5.75 Å². The van der Waals surface area contributed by atoms with Crippen LogP contribution in [0.4, 0.5) is 17.1 Å². The van der Waals surface area contributed by atoms with Gasteiger partial charge in [-0.2, -0.15) is 0 Å². The highest BCUT2D eigenvalue weighted by atomic mass is 16.5.